The molecule has 0 aliphatic heterocycles. The smallest absolute Gasteiger partial charge is 0.281 e. The lowest BCUT2D eigenvalue weighted by atomic mass is 10.3. The number of thioether (sulfide) groups is 1. The second-order valence-electron chi connectivity index (χ2n) is 2.34. The number of amides is 1. The lowest BCUT2D eigenvalue weighted by Crippen LogP contribution is -2.27. The molecule has 1 radical (unpaired) electrons. The number of hydrogen-bond acceptors (Lipinski definition) is 2. The second-order valence-corrected chi connectivity index (χ2v) is 2.98. The fourth-order valence-corrected chi connectivity index (χ4v) is 1.22. The molecule has 0 N–H and O–H groups in total. The van der Waals surface area contributed by atoms with Gasteiger partial charge in [-0.15, -0.1) is 0 Å². The molecule has 0 aromatic heterocycles. The first kappa shape index (κ1) is 10.8. The molecule has 0 atom stereocenters. The van der Waals surface area contributed by atoms with Crippen molar-refractivity contribution in [2.75, 3.05) is 13.1 Å². The lowest BCUT2D eigenvalue weighted by Gasteiger charge is -2.18. The van der Waals surface area contributed by atoms with Crippen LogP contribution in [0.4, 0.5) is 4.79 Å². The fraction of sp³-hybridized carbons (Fsp3) is 0.750. The van der Waals surface area contributed by atoms with Gasteiger partial charge in [0.05, 0.1) is 0 Å². The SMILES string of the molecule is [CH2]SC(=O)N(CC)CCCC. The summed E-state index contributed by atoms with van der Waals surface area (Å²) in [6.07, 6.45) is 5.70. The zero-order chi connectivity index (χ0) is 8.69. The highest BCUT2D eigenvalue weighted by Gasteiger charge is 2.07. The van der Waals surface area contributed by atoms with Crippen LogP contribution in [-0.4, -0.2) is 23.2 Å². The highest BCUT2D eigenvalue weighted by Crippen LogP contribution is 2.06. The molecule has 11 heavy (non-hydrogen) atoms. The predicted octanol–water partition coefficient (Wildman–Crippen LogP) is 2.75. The number of carbonyl (C=O) groups is 1. The predicted molar refractivity (Wildman–Crippen MR) is 50.5 cm³/mol. The van der Waals surface area contributed by atoms with Crippen molar-refractivity contribution in [1.82, 2.24) is 4.90 Å². The summed E-state index contributed by atoms with van der Waals surface area (Å²) in [4.78, 5) is 12.9. The molecule has 0 aromatic carbocycles. The van der Waals surface area contributed by atoms with Gasteiger partial charge in [-0.25, -0.2) is 0 Å². The molecular formula is C8H16NOS. The maximum atomic E-state index is 11.1. The number of nitrogens with zero attached hydrogens (tertiary/aromatic N) is 1. The van der Waals surface area contributed by atoms with Gasteiger partial charge < -0.3 is 4.90 Å². The normalized spacial score (nSPS) is 9.73. The van der Waals surface area contributed by atoms with E-state index in [0.29, 0.717) is 0 Å². The molecule has 0 bridgehead atoms. The monoisotopic (exact) mass is 174 g/mol. The average molecular weight is 174 g/mol. The molecule has 0 fully saturated rings. The van der Waals surface area contributed by atoms with Crippen LogP contribution in [0.15, 0.2) is 0 Å². The highest BCUT2D eigenvalue weighted by molar-refractivity contribution is 8.14. The van der Waals surface area contributed by atoms with Gasteiger partial charge in [0, 0.05) is 19.3 Å². The summed E-state index contributed by atoms with van der Waals surface area (Å²) in [5.41, 5.74) is 0. The Balaban J connectivity index is 3.65. The summed E-state index contributed by atoms with van der Waals surface area (Å²) in [7, 11) is 0. The van der Waals surface area contributed by atoms with Crippen molar-refractivity contribution in [1.29, 1.82) is 0 Å². The van der Waals surface area contributed by atoms with Crippen LogP contribution in [0.5, 0.6) is 0 Å². The first-order valence-electron chi connectivity index (χ1n) is 3.97. The van der Waals surface area contributed by atoms with E-state index in [-0.39, 0.29) is 5.24 Å². The summed E-state index contributed by atoms with van der Waals surface area (Å²) in [6, 6.07) is 0. The second kappa shape index (κ2) is 6.53. The van der Waals surface area contributed by atoms with Crippen LogP contribution in [0.1, 0.15) is 26.7 Å². The largest absolute Gasteiger partial charge is 0.334 e. The van der Waals surface area contributed by atoms with Crippen LogP contribution in [0, 0.1) is 6.26 Å². The van der Waals surface area contributed by atoms with E-state index in [0.717, 1.165) is 37.7 Å². The maximum absolute atomic E-state index is 11.1. The first-order chi connectivity index (χ1) is 5.26. The van der Waals surface area contributed by atoms with E-state index in [4.69, 9.17) is 0 Å². The van der Waals surface area contributed by atoms with Gasteiger partial charge in [-0.05, 0) is 13.3 Å². The van der Waals surface area contributed by atoms with Gasteiger partial charge in [0.25, 0.3) is 5.24 Å². The Hall–Kier alpha value is -0.180. The van der Waals surface area contributed by atoms with Crippen LogP contribution in [0.3, 0.4) is 0 Å². The molecule has 2 nitrogen and oxygen atoms in total. The van der Waals surface area contributed by atoms with Gasteiger partial charge in [-0.1, -0.05) is 25.1 Å². The van der Waals surface area contributed by atoms with Gasteiger partial charge in [0.1, 0.15) is 0 Å². The molecule has 0 spiro atoms. The third-order valence-corrected chi connectivity index (χ3v) is 2.05. The number of carbonyl (C=O) groups excluding carboxylic acids is 1. The van der Waals surface area contributed by atoms with Crippen LogP contribution in [0.25, 0.3) is 0 Å². The quantitative estimate of drug-likeness (QED) is 0.653. The summed E-state index contributed by atoms with van der Waals surface area (Å²) in [5.74, 6) is 0. The third-order valence-electron chi connectivity index (χ3n) is 1.54. The Bertz CT molecular complexity index is 117. The molecule has 0 unspecified atom stereocenters. The van der Waals surface area contributed by atoms with Crippen LogP contribution < -0.4 is 0 Å². The Morgan fingerprint density at radius 1 is 1.55 bits per heavy atom. The summed E-state index contributed by atoms with van der Waals surface area (Å²) >= 11 is 1.04. The van der Waals surface area contributed by atoms with Crippen LogP contribution in [-0.2, 0) is 0 Å². The van der Waals surface area contributed by atoms with Crippen molar-refractivity contribution in [2.45, 2.75) is 26.7 Å². The number of rotatable bonds is 4. The number of hydrogen-bond donors (Lipinski definition) is 0. The van der Waals surface area contributed by atoms with E-state index in [9.17, 15) is 4.79 Å². The van der Waals surface area contributed by atoms with E-state index in [2.05, 4.69) is 13.2 Å². The Kier molecular flexibility index (Phi) is 6.42. The standard InChI is InChI=1S/C8H16NOS/c1-4-6-7-9(5-2)8(10)11-3/h3-7H2,1-2H3. The summed E-state index contributed by atoms with van der Waals surface area (Å²) in [5, 5.41) is 0.0842. The van der Waals surface area contributed by atoms with E-state index in [1.165, 1.54) is 0 Å². The van der Waals surface area contributed by atoms with Gasteiger partial charge in [0.2, 0.25) is 0 Å². The molecule has 3 heteroatoms. The van der Waals surface area contributed by atoms with Crippen molar-refractivity contribution in [3.05, 3.63) is 6.26 Å². The highest BCUT2D eigenvalue weighted by atomic mass is 32.2. The van der Waals surface area contributed by atoms with E-state index >= 15 is 0 Å². The third kappa shape index (κ3) is 4.30. The Labute approximate surface area is 73.3 Å². The minimum Gasteiger partial charge on any atom is -0.334 e. The fourth-order valence-electron chi connectivity index (χ4n) is 0.819. The van der Waals surface area contributed by atoms with Crippen molar-refractivity contribution in [3.8, 4) is 0 Å². The van der Waals surface area contributed by atoms with E-state index in [1.54, 1.807) is 0 Å². The molecule has 0 saturated heterocycles. The van der Waals surface area contributed by atoms with Crippen molar-refractivity contribution in [3.63, 3.8) is 0 Å². The van der Waals surface area contributed by atoms with Crippen LogP contribution >= 0.6 is 11.8 Å². The molecule has 0 aliphatic rings. The van der Waals surface area contributed by atoms with Gasteiger partial charge in [0.15, 0.2) is 0 Å². The zero-order valence-electron chi connectivity index (χ0n) is 7.30. The minimum atomic E-state index is 0.0842. The zero-order valence-corrected chi connectivity index (χ0v) is 8.12. The first-order valence-corrected chi connectivity index (χ1v) is 4.95. The summed E-state index contributed by atoms with van der Waals surface area (Å²) < 4.78 is 0. The summed E-state index contributed by atoms with van der Waals surface area (Å²) in [6.45, 7) is 5.77. The molecular weight excluding hydrogens is 158 g/mol. The van der Waals surface area contributed by atoms with Crippen LogP contribution in [0.2, 0.25) is 0 Å². The molecule has 0 aromatic rings. The molecule has 0 aliphatic carbocycles. The van der Waals surface area contributed by atoms with E-state index in [1.807, 2.05) is 11.8 Å². The Morgan fingerprint density at radius 2 is 2.18 bits per heavy atom. The van der Waals surface area contributed by atoms with Gasteiger partial charge in [-0.3, -0.25) is 4.79 Å². The van der Waals surface area contributed by atoms with Crippen molar-refractivity contribution in [2.24, 2.45) is 0 Å². The van der Waals surface area contributed by atoms with Crippen molar-refractivity contribution < 1.29 is 4.79 Å². The van der Waals surface area contributed by atoms with Gasteiger partial charge >= 0.3 is 0 Å². The average Bonchev–Trinajstić information content (AvgIpc) is 2.05. The number of unbranched alkanes of at least 4 members (excludes halogenated alkanes) is 1. The minimum absolute atomic E-state index is 0.0842. The molecule has 0 saturated carbocycles. The molecule has 65 valence electrons. The van der Waals surface area contributed by atoms with Gasteiger partial charge in [-0.2, -0.15) is 0 Å². The molecule has 0 heterocycles. The molecule has 1 amide bonds. The van der Waals surface area contributed by atoms with E-state index < -0.39 is 0 Å². The Morgan fingerprint density at radius 3 is 2.55 bits per heavy atom. The van der Waals surface area contributed by atoms with Crippen molar-refractivity contribution >= 4 is 17.0 Å². The topological polar surface area (TPSA) is 20.3 Å². The maximum Gasteiger partial charge on any atom is 0.281 e. The molecule has 0 rings (SSSR count). The lowest BCUT2D eigenvalue weighted by molar-refractivity contribution is 0.225.